The molecule has 0 saturated carbocycles. The van der Waals surface area contributed by atoms with Gasteiger partial charge < -0.3 is 10.2 Å². The van der Waals surface area contributed by atoms with Gasteiger partial charge in [0, 0.05) is 26.7 Å². The number of likely N-dealkylation sites (N-methyl/N-ethyl adjacent to an activating group) is 1. The molecule has 1 fully saturated rings. The third-order valence-electron chi connectivity index (χ3n) is 5.31. The van der Waals surface area contributed by atoms with Crippen molar-refractivity contribution in [3.63, 3.8) is 0 Å². The summed E-state index contributed by atoms with van der Waals surface area (Å²) >= 11 is 0. The Kier molecular flexibility index (Phi) is 7.40. The molecule has 1 aliphatic heterocycles. The molecule has 0 aliphatic carbocycles. The maximum absolute atomic E-state index is 13.1. The summed E-state index contributed by atoms with van der Waals surface area (Å²) in [6, 6.07) is 14.1. The van der Waals surface area contributed by atoms with Crippen molar-refractivity contribution in [3.05, 3.63) is 66.0 Å². The maximum Gasteiger partial charge on any atom is 0.243 e. The number of nitrogens with one attached hydrogen (secondary N) is 1. The molecular formula is C22H26FN3O4S. The number of halogens is 1. The zero-order valence-electron chi connectivity index (χ0n) is 17.3. The molecule has 2 amide bonds. The van der Waals surface area contributed by atoms with E-state index < -0.39 is 21.8 Å². The van der Waals surface area contributed by atoms with Gasteiger partial charge in [-0.25, -0.2) is 12.8 Å². The highest BCUT2D eigenvalue weighted by Crippen LogP contribution is 2.24. The van der Waals surface area contributed by atoms with Gasteiger partial charge in [0.15, 0.2) is 0 Å². The van der Waals surface area contributed by atoms with Gasteiger partial charge in [-0.15, -0.1) is 0 Å². The topological polar surface area (TPSA) is 86.8 Å². The summed E-state index contributed by atoms with van der Waals surface area (Å²) in [5, 5.41) is 2.64. The van der Waals surface area contributed by atoms with E-state index in [9.17, 15) is 22.4 Å². The number of sulfonamides is 1. The number of hydrogen-bond donors (Lipinski definition) is 1. The predicted octanol–water partition coefficient (Wildman–Crippen LogP) is 2.00. The van der Waals surface area contributed by atoms with Crippen LogP contribution in [0.4, 0.5) is 4.39 Å². The van der Waals surface area contributed by atoms with Crippen molar-refractivity contribution in [2.75, 3.05) is 26.7 Å². The number of carbonyl (C=O) groups excluding carboxylic acids is 2. The minimum Gasteiger partial charge on any atom is -0.347 e. The molecule has 7 nitrogen and oxygen atoms in total. The Morgan fingerprint density at radius 1 is 1.13 bits per heavy atom. The Hall–Kier alpha value is -2.78. The molecule has 166 valence electrons. The molecule has 1 unspecified atom stereocenters. The number of hydrogen-bond acceptors (Lipinski definition) is 4. The van der Waals surface area contributed by atoms with E-state index in [-0.39, 0.29) is 29.8 Å². The number of piperidine rings is 1. The van der Waals surface area contributed by atoms with E-state index in [0.29, 0.717) is 25.9 Å². The molecule has 9 heteroatoms. The molecule has 1 saturated heterocycles. The van der Waals surface area contributed by atoms with Gasteiger partial charge in [-0.2, -0.15) is 4.31 Å². The standard InChI is InChI=1S/C22H26FN3O4S/c1-25(15-17-6-3-2-4-7-17)21(27)14-24-22(28)18-8-5-13-26(16-18)31(29,30)20-11-9-19(23)10-12-20/h2-4,6-7,9-12,18H,5,8,13-16H2,1H3,(H,24,28). The Morgan fingerprint density at radius 2 is 1.81 bits per heavy atom. The van der Waals surface area contributed by atoms with Crippen molar-refractivity contribution in [1.82, 2.24) is 14.5 Å². The zero-order valence-corrected chi connectivity index (χ0v) is 18.1. The minimum atomic E-state index is -3.81. The summed E-state index contributed by atoms with van der Waals surface area (Å²) in [6.07, 6.45) is 1.07. The van der Waals surface area contributed by atoms with E-state index in [2.05, 4.69) is 5.32 Å². The van der Waals surface area contributed by atoms with Crippen LogP contribution in [-0.4, -0.2) is 56.1 Å². The van der Waals surface area contributed by atoms with Crippen LogP contribution in [0.5, 0.6) is 0 Å². The predicted molar refractivity (Wildman–Crippen MR) is 114 cm³/mol. The van der Waals surface area contributed by atoms with Gasteiger partial charge >= 0.3 is 0 Å². The molecule has 1 aliphatic rings. The Morgan fingerprint density at radius 3 is 2.48 bits per heavy atom. The van der Waals surface area contributed by atoms with E-state index in [0.717, 1.165) is 17.7 Å². The van der Waals surface area contributed by atoms with Gasteiger partial charge in [0.05, 0.1) is 17.4 Å². The van der Waals surface area contributed by atoms with Crippen LogP contribution in [0.3, 0.4) is 0 Å². The molecule has 2 aromatic rings. The smallest absolute Gasteiger partial charge is 0.243 e. The monoisotopic (exact) mass is 447 g/mol. The highest BCUT2D eigenvalue weighted by atomic mass is 32.2. The fraction of sp³-hybridized carbons (Fsp3) is 0.364. The fourth-order valence-corrected chi connectivity index (χ4v) is 5.04. The first-order chi connectivity index (χ1) is 14.8. The van der Waals surface area contributed by atoms with Crippen LogP contribution >= 0.6 is 0 Å². The number of amides is 2. The molecule has 0 spiro atoms. The summed E-state index contributed by atoms with van der Waals surface area (Å²) in [4.78, 5) is 26.5. The lowest BCUT2D eigenvalue weighted by atomic mass is 9.99. The van der Waals surface area contributed by atoms with Crippen molar-refractivity contribution in [1.29, 1.82) is 0 Å². The highest BCUT2D eigenvalue weighted by molar-refractivity contribution is 7.89. The van der Waals surface area contributed by atoms with Gasteiger partial charge in [0.25, 0.3) is 0 Å². The highest BCUT2D eigenvalue weighted by Gasteiger charge is 2.33. The SMILES string of the molecule is CN(Cc1ccccc1)C(=O)CNC(=O)C1CCCN(S(=O)(=O)c2ccc(F)cc2)C1. The quantitative estimate of drug-likeness (QED) is 0.703. The first-order valence-corrected chi connectivity index (χ1v) is 11.5. The number of nitrogens with zero attached hydrogens (tertiary/aromatic N) is 2. The molecule has 1 atom stereocenters. The molecular weight excluding hydrogens is 421 g/mol. The summed E-state index contributed by atoms with van der Waals surface area (Å²) in [6.45, 7) is 0.605. The van der Waals surface area contributed by atoms with Crippen molar-refractivity contribution in [2.24, 2.45) is 5.92 Å². The number of carbonyl (C=O) groups is 2. The Labute approximate surface area is 181 Å². The summed E-state index contributed by atoms with van der Waals surface area (Å²) in [7, 11) is -2.15. The Bertz CT molecular complexity index is 1010. The van der Waals surface area contributed by atoms with E-state index in [4.69, 9.17) is 0 Å². The van der Waals surface area contributed by atoms with Crippen molar-refractivity contribution in [2.45, 2.75) is 24.3 Å². The van der Waals surface area contributed by atoms with Crippen LogP contribution in [0.25, 0.3) is 0 Å². The first-order valence-electron chi connectivity index (χ1n) is 10.1. The van der Waals surface area contributed by atoms with Gasteiger partial charge in [0.2, 0.25) is 21.8 Å². The number of rotatable bonds is 7. The van der Waals surface area contributed by atoms with Gasteiger partial charge in [-0.1, -0.05) is 30.3 Å². The molecule has 0 bridgehead atoms. The third kappa shape index (κ3) is 5.89. The lowest BCUT2D eigenvalue weighted by Gasteiger charge is -2.31. The van der Waals surface area contributed by atoms with Crippen LogP contribution in [0.1, 0.15) is 18.4 Å². The molecule has 3 rings (SSSR count). The molecule has 2 aromatic carbocycles. The van der Waals surface area contributed by atoms with Crippen molar-refractivity contribution >= 4 is 21.8 Å². The fourth-order valence-electron chi connectivity index (χ4n) is 3.52. The van der Waals surface area contributed by atoms with Gasteiger partial charge in [-0.3, -0.25) is 9.59 Å². The molecule has 0 aromatic heterocycles. The van der Waals surface area contributed by atoms with Crippen molar-refractivity contribution in [3.8, 4) is 0 Å². The second-order valence-corrected chi connectivity index (χ2v) is 9.55. The van der Waals surface area contributed by atoms with E-state index >= 15 is 0 Å². The lowest BCUT2D eigenvalue weighted by molar-refractivity contribution is -0.133. The number of benzene rings is 2. The maximum atomic E-state index is 13.1. The second-order valence-electron chi connectivity index (χ2n) is 7.61. The van der Waals surface area contributed by atoms with Crippen LogP contribution in [0.2, 0.25) is 0 Å². The van der Waals surface area contributed by atoms with Gasteiger partial charge in [0.1, 0.15) is 5.82 Å². The van der Waals surface area contributed by atoms with Crippen LogP contribution < -0.4 is 5.32 Å². The first kappa shape index (κ1) is 22.9. The molecule has 1 heterocycles. The van der Waals surface area contributed by atoms with Gasteiger partial charge in [-0.05, 0) is 42.7 Å². The average Bonchev–Trinajstić information content (AvgIpc) is 2.78. The van der Waals surface area contributed by atoms with Crippen molar-refractivity contribution < 1.29 is 22.4 Å². The largest absolute Gasteiger partial charge is 0.347 e. The summed E-state index contributed by atoms with van der Waals surface area (Å²) in [5.74, 6) is -1.64. The normalized spacial score (nSPS) is 17.2. The van der Waals surface area contributed by atoms with Crippen LogP contribution in [-0.2, 0) is 26.2 Å². The molecule has 31 heavy (non-hydrogen) atoms. The third-order valence-corrected chi connectivity index (χ3v) is 7.19. The second kappa shape index (κ2) is 10.0. The van der Waals surface area contributed by atoms with E-state index in [1.807, 2.05) is 30.3 Å². The van der Waals surface area contributed by atoms with Crippen LogP contribution in [0.15, 0.2) is 59.5 Å². The Balaban J connectivity index is 1.54. The van der Waals surface area contributed by atoms with E-state index in [1.54, 1.807) is 7.05 Å². The molecule has 0 radical (unpaired) electrons. The summed E-state index contributed by atoms with van der Waals surface area (Å²) in [5.41, 5.74) is 0.985. The lowest BCUT2D eigenvalue weighted by Crippen LogP contribution is -2.47. The minimum absolute atomic E-state index is 0.00678. The molecule has 1 N–H and O–H groups in total. The van der Waals surface area contributed by atoms with E-state index in [1.165, 1.54) is 21.3 Å². The van der Waals surface area contributed by atoms with Crippen LogP contribution in [0, 0.1) is 11.7 Å². The zero-order chi connectivity index (χ0) is 22.4. The average molecular weight is 448 g/mol. The summed E-state index contributed by atoms with van der Waals surface area (Å²) < 4.78 is 40.0.